The molecule has 4 rings (SSSR count). The van der Waals surface area contributed by atoms with E-state index in [9.17, 15) is 4.79 Å². The Hall–Kier alpha value is -3.49. The van der Waals surface area contributed by atoms with Gasteiger partial charge in [-0.15, -0.1) is 0 Å². The molecule has 33 heavy (non-hydrogen) atoms. The van der Waals surface area contributed by atoms with Gasteiger partial charge in [-0.25, -0.2) is 14.8 Å². The van der Waals surface area contributed by atoms with Crippen molar-refractivity contribution in [2.45, 2.75) is 32.9 Å². The van der Waals surface area contributed by atoms with Crippen LogP contribution in [-0.2, 0) is 19.5 Å². The minimum absolute atomic E-state index is 0.217. The second-order valence-electron chi connectivity index (χ2n) is 7.59. The Labute approximate surface area is 196 Å². The lowest BCUT2D eigenvalue weighted by molar-refractivity contribution is 0.0697. The first-order valence-corrected chi connectivity index (χ1v) is 11.0. The Morgan fingerprint density at radius 2 is 1.91 bits per heavy atom. The highest BCUT2D eigenvalue weighted by Crippen LogP contribution is 2.26. The lowest BCUT2D eigenvalue weighted by atomic mass is 10.1. The van der Waals surface area contributed by atoms with E-state index in [4.69, 9.17) is 31.4 Å². The summed E-state index contributed by atoms with van der Waals surface area (Å²) in [5, 5.41) is 20.7. The fourth-order valence-corrected chi connectivity index (χ4v) is 3.87. The van der Waals surface area contributed by atoms with Crippen LogP contribution in [0.2, 0.25) is 5.02 Å². The maximum absolute atomic E-state index is 11.2. The highest BCUT2D eigenvalue weighted by molar-refractivity contribution is 6.32. The van der Waals surface area contributed by atoms with Gasteiger partial charge in [0.1, 0.15) is 16.8 Å². The van der Waals surface area contributed by atoms with E-state index in [1.54, 1.807) is 31.4 Å². The van der Waals surface area contributed by atoms with E-state index in [0.29, 0.717) is 29.7 Å². The van der Waals surface area contributed by atoms with Gasteiger partial charge in [0.05, 0.1) is 29.1 Å². The molecule has 0 atom stereocenters. The third kappa shape index (κ3) is 4.97. The van der Waals surface area contributed by atoms with E-state index >= 15 is 0 Å². The lowest BCUT2D eigenvalue weighted by Crippen LogP contribution is -2.15. The van der Waals surface area contributed by atoms with Gasteiger partial charge >= 0.3 is 5.97 Å². The number of benzene rings is 2. The van der Waals surface area contributed by atoms with Gasteiger partial charge in [-0.05, 0) is 36.2 Å². The number of methoxy groups -OCH3 is 1. The summed E-state index contributed by atoms with van der Waals surface area (Å²) in [6, 6.07) is 12.2. The van der Waals surface area contributed by atoms with Crippen molar-refractivity contribution in [3.8, 4) is 17.1 Å². The number of halogens is 1. The summed E-state index contributed by atoms with van der Waals surface area (Å²) in [5.74, 6) is 0.196. The molecule has 2 heterocycles. The van der Waals surface area contributed by atoms with Gasteiger partial charge in [-0.3, -0.25) is 5.10 Å². The molecule has 170 valence electrons. The topological polar surface area (TPSA) is 113 Å². The molecule has 0 unspecified atom stereocenters. The SMILES string of the molecule is CCCc1n[nH]c2c(CNCc3ccc(OC)c(Cl)c3)nc(-c3ccc(C(=O)O)cc3)nc12. The second kappa shape index (κ2) is 9.97. The highest BCUT2D eigenvalue weighted by atomic mass is 35.5. The van der Waals surface area contributed by atoms with Crippen LogP contribution in [-0.4, -0.2) is 38.4 Å². The predicted molar refractivity (Wildman–Crippen MR) is 127 cm³/mol. The summed E-state index contributed by atoms with van der Waals surface area (Å²) < 4.78 is 5.21. The van der Waals surface area contributed by atoms with Gasteiger partial charge in [-0.2, -0.15) is 5.10 Å². The maximum Gasteiger partial charge on any atom is 0.335 e. The van der Waals surface area contributed by atoms with E-state index in [1.165, 1.54) is 0 Å². The molecular weight excluding hydrogens is 442 g/mol. The number of ether oxygens (including phenoxy) is 1. The minimum Gasteiger partial charge on any atom is -0.495 e. The molecule has 0 amide bonds. The van der Waals surface area contributed by atoms with E-state index in [2.05, 4.69) is 22.4 Å². The van der Waals surface area contributed by atoms with Crippen LogP contribution >= 0.6 is 11.6 Å². The molecule has 2 aromatic heterocycles. The molecule has 0 aliphatic carbocycles. The second-order valence-corrected chi connectivity index (χ2v) is 8.00. The van der Waals surface area contributed by atoms with Crippen LogP contribution in [0.1, 0.15) is 40.7 Å². The normalized spacial score (nSPS) is 11.1. The van der Waals surface area contributed by atoms with E-state index in [1.807, 2.05) is 18.2 Å². The quantitative estimate of drug-likeness (QED) is 0.330. The van der Waals surface area contributed by atoms with Gasteiger partial charge in [0, 0.05) is 18.7 Å². The van der Waals surface area contributed by atoms with E-state index in [-0.39, 0.29) is 5.56 Å². The Morgan fingerprint density at radius 3 is 2.58 bits per heavy atom. The average Bonchev–Trinajstić information content (AvgIpc) is 3.22. The zero-order valence-electron chi connectivity index (χ0n) is 18.4. The molecule has 4 aromatic rings. The third-order valence-electron chi connectivity index (χ3n) is 5.27. The van der Waals surface area contributed by atoms with Crippen molar-refractivity contribution < 1.29 is 14.6 Å². The number of aromatic nitrogens is 4. The lowest BCUT2D eigenvalue weighted by Gasteiger charge is -2.10. The molecular formula is C24H24ClN5O3. The predicted octanol–water partition coefficient (Wildman–Crippen LogP) is 4.62. The molecule has 0 bridgehead atoms. The molecule has 0 fully saturated rings. The Kier molecular flexibility index (Phi) is 6.86. The Balaban J connectivity index is 1.63. The van der Waals surface area contributed by atoms with Crippen LogP contribution in [0.25, 0.3) is 22.4 Å². The molecule has 0 spiro atoms. The van der Waals surface area contributed by atoms with Crippen LogP contribution in [0, 0.1) is 0 Å². The van der Waals surface area contributed by atoms with Crippen molar-refractivity contribution in [3.05, 3.63) is 70.0 Å². The van der Waals surface area contributed by atoms with Crippen LogP contribution in [0.3, 0.4) is 0 Å². The number of carboxylic acids is 1. The van der Waals surface area contributed by atoms with Crippen molar-refractivity contribution in [1.82, 2.24) is 25.5 Å². The highest BCUT2D eigenvalue weighted by Gasteiger charge is 2.16. The number of aromatic amines is 1. The minimum atomic E-state index is -0.971. The Morgan fingerprint density at radius 1 is 1.12 bits per heavy atom. The number of aryl methyl sites for hydroxylation is 1. The number of rotatable bonds is 9. The molecule has 0 saturated heterocycles. The van der Waals surface area contributed by atoms with E-state index < -0.39 is 5.97 Å². The third-order valence-corrected chi connectivity index (χ3v) is 5.57. The van der Waals surface area contributed by atoms with Gasteiger partial charge in [0.2, 0.25) is 0 Å². The van der Waals surface area contributed by atoms with Gasteiger partial charge in [0.15, 0.2) is 5.82 Å². The number of nitrogens with zero attached hydrogens (tertiary/aromatic N) is 3. The van der Waals surface area contributed by atoms with Crippen molar-refractivity contribution in [1.29, 1.82) is 0 Å². The van der Waals surface area contributed by atoms with Crippen molar-refractivity contribution >= 4 is 28.6 Å². The van der Waals surface area contributed by atoms with Gasteiger partial charge in [0.25, 0.3) is 0 Å². The molecule has 8 nitrogen and oxygen atoms in total. The summed E-state index contributed by atoms with van der Waals surface area (Å²) in [6.07, 6.45) is 1.74. The zero-order chi connectivity index (χ0) is 23.4. The van der Waals surface area contributed by atoms with Crippen LogP contribution in [0.4, 0.5) is 0 Å². The number of hydrogen-bond acceptors (Lipinski definition) is 6. The average molecular weight is 466 g/mol. The first kappa shape index (κ1) is 22.7. The molecule has 0 aliphatic rings. The molecule has 3 N–H and O–H groups in total. The largest absolute Gasteiger partial charge is 0.495 e. The summed E-state index contributed by atoms with van der Waals surface area (Å²) in [7, 11) is 1.59. The molecule has 9 heteroatoms. The van der Waals surface area contributed by atoms with Crippen LogP contribution in [0.5, 0.6) is 5.75 Å². The number of carbonyl (C=O) groups is 1. The summed E-state index contributed by atoms with van der Waals surface area (Å²) in [6.45, 7) is 3.17. The number of fused-ring (bicyclic) bond motifs is 1. The monoisotopic (exact) mass is 465 g/mol. The zero-order valence-corrected chi connectivity index (χ0v) is 19.1. The molecule has 2 aromatic carbocycles. The Bertz CT molecular complexity index is 1290. The number of nitrogens with one attached hydrogen (secondary N) is 2. The maximum atomic E-state index is 11.2. The first-order chi connectivity index (χ1) is 16.0. The first-order valence-electron chi connectivity index (χ1n) is 10.6. The van der Waals surface area contributed by atoms with Crippen molar-refractivity contribution in [2.24, 2.45) is 0 Å². The number of aromatic carboxylic acids is 1. The van der Waals surface area contributed by atoms with Crippen LogP contribution < -0.4 is 10.1 Å². The standard InChI is InChI=1S/C24H24ClN5O3/c1-3-4-18-21-22(30-29-18)19(13-26-12-14-5-10-20(33-2)17(25)11-14)27-23(28-21)15-6-8-16(9-7-15)24(31)32/h5-11,26H,3-4,12-13H2,1-2H3,(H,29,30)(H,31,32). The van der Waals surface area contributed by atoms with E-state index in [0.717, 1.165) is 46.4 Å². The molecule has 0 radical (unpaired) electrons. The number of hydrogen-bond donors (Lipinski definition) is 3. The van der Waals surface area contributed by atoms with Crippen LogP contribution in [0.15, 0.2) is 42.5 Å². The summed E-state index contributed by atoms with van der Waals surface area (Å²) >= 11 is 6.23. The fourth-order valence-electron chi connectivity index (χ4n) is 3.58. The smallest absolute Gasteiger partial charge is 0.335 e. The summed E-state index contributed by atoms with van der Waals surface area (Å²) in [5.41, 5.74) is 5.24. The van der Waals surface area contributed by atoms with Crippen molar-refractivity contribution in [2.75, 3.05) is 7.11 Å². The summed E-state index contributed by atoms with van der Waals surface area (Å²) in [4.78, 5) is 20.7. The number of H-pyrrole nitrogens is 1. The fraction of sp³-hybridized carbons (Fsp3) is 0.250. The molecule has 0 saturated carbocycles. The number of carboxylic acid groups (broad SMARTS) is 1. The van der Waals surface area contributed by atoms with Gasteiger partial charge in [-0.1, -0.05) is 43.1 Å². The van der Waals surface area contributed by atoms with Gasteiger partial charge < -0.3 is 15.2 Å². The van der Waals surface area contributed by atoms with Crippen molar-refractivity contribution in [3.63, 3.8) is 0 Å². The molecule has 0 aliphatic heterocycles.